The van der Waals surface area contributed by atoms with Gasteiger partial charge in [-0.05, 0) is 47.3 Å². The molecule has 0 saturated carbocycles. The lowest BCUT2D eigenvalue weighted by atomic mass is 9.97. The lowest BCUT2D eigenvalue weighted by Crippen LogP contribution is -2.66. The van der Waals surface area contributed by atoms with Crippen molar-refractivity contribution in [1.82, 2.24) is 0 Å². The second kappa shape index (κ2) is 30.0. The fraction of sp³-hybridized carbons (Fsp3) is 0.846. The van der Waals surface area contributed by atoms with Gasteiger partial charge < -0.3 is 52.1 Å². The van der Waals surface area contributed by atoms with Gasteiger partial charge in [-0.25, -0.2) is 0 Å². The third-order valence-electron chi connectivity index (χ3n) is 10.5. The summed E-state index contributed by atoms with van der Waals surface area (Å²) in [4.78, 5) is 109. The Hall–Kier alpha value is -4.36. The Morgan fingerprint density at radius 2 is 0.676 bits per heavy atom. The van der Waals surface area contributed by atoms with Crippen LogP contribution in [0.3, 0.4) is 0 Å². The summed E-state index contributed by atoms with van der Waals surface area (Å²) >= 11 is 0. The molecule has 71 heavy (non-hydrogen) atoms. The highest BCUT2D eigenvalue weighted by Gasteiger charge is 2.65. The number of hydrogen-bond acceptors (Lipinski definition) is 19. The Bertz CT molecular complexity index is 1740. The lowest BCUT2D eigenvalue weighted by molar-refractivity contribution is -0.384. The van der Waals surface area contributed by atoms with Gasteiger partial charge in [-0.2, -0.15) is 0 Å². The first-order chi connectivity index (χ1) is 33.0. The van der Waals surface area contributed by atoms with E-state index in [0.717, 1.165) is 0 Å². The van der Waals surface area contributed by atoms with E-state index in [-0.39, 0.29) is 98.7 Å². The highest BCUT2D eigenvalue weighted by Crippen LogP contribution is 2.42. The van der Waals surface area contributed by atoms with Crippen molar-refractivity contribution >= 4 is 47.8 Å². The van der Waals surface area contributed by atoms with E-state index in [9.17, 15) is 38.4 Å². The van der Waals surface area contributed by atoms with Gasteiger partial charge in [-0.3, -0.25) is 38.4 Å². The average molecular weight is 1020 g/mol. The maximum atomic E-state index is 13.9. The minimum atomic E-state index is -2.56. The molecule has 0 aromatic heterocycles. The van der Waals surface area contributed by atoms with Crippen LogP contribution in [0.15, 0.2) is 0 Å². The van der Waals surface area contributed by atoms with E-state index in [1.54, 1.807) is 83.1 Å². The van der Waals surface area contributed by atoms with Crippen molar-refractivity contribution in [2.75, 3.05) is 19.8 Å². The quantitative estimate of drug-likeness (QED) is 0.0524. The van der Waals surface area contributed by atoms with Gasteiger partial charge in [0.15, 0.2) is 30.5 Å². The van der Waals surface area contributed by atoms with Crippen molar-refractivity contribution in [2.24, 2.45) is 47.3 Å². The van der Waals surface area contributed by atoms with Gasteiger partial charge in [0.25, 0.3) is 0 Å². The normalized spacial score (nSPS) is 24.5. The number of rotatable bonds is 29. The highest BCUT2D eigenvalue weighted by molar-refractivity contribution is 5.73. The Morgan fingerprint density at radius 1 is 0.366 bits per heavy atom. The third kappa shape index (κ3) is 22.9. The van der Waals surface area contributed by atoms with Crippen LogP contribution in [0.4, 0.5) is 0 Å². The largest absolute Gasteiger partial charge is 0.463 e. The second-order valence-corrected chi connectivity index (χ2v) is 22.2. The molecule has 19 nitrogen and oxygen atoms in total. The first-order valence-corrected chi connectivity index (χ1v) is 25.5. The second-order valence-electron chi connectivity index (χ2n) is 22.2. The molecule has 9 atom stereocenters. The monoisotopic (exact) mass is 1010 g/mol. The van der Waals surface area contributed by atoms with Gasteiger partial charge in [0.1, 0.15) is 32.0 Å². The van der Waals surface area contributed by atoms with Crippen molar-refractivity contribution < 1.29 is 90.5 Å². The molecule has 0 aliphatic carbocycles. The van der Waals surface area contributed by atoms with E-state index in [1.807, 2.05) is 27.7 Å². The van der Waals surface area contributed by atoms with Gasteiger partial charge in [0.05, 0.1) is 0 Å². The average Bonchev–Trinajstić information content (AvgIpc) is 3.45. The molecule has 408 valence electrons. The standard InChI is InChI=1S/C52H86O19/c1-28(2)17-38(53)61-25-36-46(65-41(56)20-31(7)8)48(67-43(58)22-33(11)12)49(68-44(59)23-34(13)14)51(64-36)71-52(27-63-40(55)19-30(5)6)50(69-45(60)24-35(15)16)47(66-42(57)21-32(9)10)37(70-52)26-62-39(54)18-29(3)4/h28-37,46-51H,17-27H2,1-16H3/t36-,37-,46-,47-,48+,49-,50+,51-,52+/m1/s1. The molecule has 0 unspecified atom stereocenters. The smallest absolute Gasteiger partial charge is 0.306 e. The summed E-state index contributed by atoms with van der Waals surface area (Å²) in [6, 6.07) is 0. The molecule has 0 radical (unpaired) electrons. The first-order valence-electron chi connectivity index (χ1n) is 25.5. The number of ether oxygens (including phenoxy) is 11. The zero-order valence-electron chi connectivity index (χ0n) is 45.3. The van der Waals surface area contributed by atoms with Crippen molar-refractivity contribution in [3.63, 3.8) is 0 Å². The molecule has 0 N–H and O–H groups in total. The van der Waals surface area contributed by atoms with Crippen molar-refractivity contribution in [3.05, 3.63) is 0 Å². The zero-order valence-corrected chi connectivity index (χ0v) is 45.3. The van der Waals surface area contributed by atoms with Crippen LogP contribution in [-0.2, 0) is 90.5 Å². The molecular weight excluding hydrogens is 929 g/mol. The summed E-state index contributed by atoms with van der Waals surface area (Å²) in [6.45, 7) is 26.5. The Morgan fingerprint density at radius 3 is 1.07 bits per heavy atom. The fourth-order valence-corrected chi connectivity index (χ4v) is 7.57. The Kier molecular flexibility index (Phi) is 26.5. The van der Waals surface area contributed by atoms with E-state index in [1.165, 1.54) is 0 Å². The van der Waals surface area contributed by atoms with Gasteiger partial charge >= 0.3 is 47.8 Å². The predicted octanol–water partition coefficient (Wildman–Crippen LogP) is 7.38. The Labute approximate surface area is 421 Å². The summed E-state index contributed by atoms with van der Waals surface area (Å²) < 4.78 is 67.9. The first kappa shape index (κ1) is 62.8. The SMILES string of the molecule is CC(C)CC(=O)OC[C@H]1O[C@@](COC(=O)CC(C)C)(O[C@H]2O[C@H](COC(=O)CC(C)C)[C@@H](OC(=O)CC(C)C)[C@H](OC(=O)CC(C)C)[C@H]2OC(=O)CC(C)C)[C@@H](OC(=O)CC(C)C)[C@@H]1OC(=O)CC(C)C. The van der Waals surface area contributed by atoms with Crippen LogP contribution in [0.25, 0.3) is 0 Å². The van der Waals surface area contributed by atoms with Gasteiger partial charge in [0, 0.05) is 51.4 Å². The highest BCUT2D eigenvalue weighted by atomic mass is 16.8. The van der Waals surface area contributed by atoms with Gasteiger partial charge in [-0.1, -0.05) is 111 Å². The summed E-state index contributed by atoms with van der Waals surface area (Å²) in [5.41, 5.74) is 0. The van der Waals surface area contributed by atoms with E-state index in [2.05, 4.69) is 0 Å². The van der Waals surface area contributed by atoms with Crippen LogP contribution < -0.4 is 0 Å². The maximum Gasteiger partial charge on any atom is 0.306 e. The summed E-state index contributed by atoms with van der Waals surface area (Å²) in [6.07, 6.45) is -14.3. The van der Waals surface area contributed by atoms with Crippen LogP contribution in [0.5, 0.6) is 0 Å². The molecule has 0 spiro atoms. The molecule has 2 rings (SSSR count). The molecular formula is C52H86O19. The van der Waals surface area contributed by atoms with Crippen LogP contribution in [0.1, 0.15) is 162 Å². The van der Waals surface area contributed by atoms with Crippen LogP contribution in [-0.4, -0.2) is 122 Å². The number of carbonyl (C=O) groups excluding carboxylic acids is 8. The fourth-order valence-electron chi connectivity index (χ4n) is 7.57. The molecule has 2 fully saturated rings. The van der Waals surface area contributed by atoms with E-state index in [0.29, 0.717) is 0 Å². The molecule has 2 saturated heterocycles. The number of esters is 8. The van der Waals surface area contributed by atoms with Crippen LogP contribution >= 0.6 is 0 Å². The topological polar surface area (TPSA) is 238 Å². The molecule has 2 aliphatic rings. The van der Waals surface area contributed by atoms with Crippen LogP contribution in [0, 0.1) is 47.3 Å². The summed E-state index contributed by atoms with van der Waals surface area (Å²) in [5, 5.41) is 0. The van der Waals surface area contributed by atoms with Crippen LogP contribution in [0.2, 0.25) is 0 Å². The van der Waals surface area contributed by atoms with Gasteiger partial charge in [0.2, 0.25) is 12.1 Å². The van der Waals surface area contributed by atoms with Crippen molar-refractivity contribution in [1.29, 1.82) is 0 Å². The molecule has 0 aromatic rings. The molecule has 0 bridgehead atoms. The van der Waals surface area contributed by atoms with Crippen molar-refractivity contribution in [2.45, 2.75) is 217 Å². The zero-order chi connectivity index (χ0) is 53.9. The third-order valence-corrected chi connectivity index (χ3v) is 10.5. The van der Waals surface area contributed by atoms with Crippen molar-refractivity contribution in [3.8, 4) is 0 Å². The maximum absolute atomic E-state index is 13.9. The molecule has 2 heterocycles. The lowest BCUT2D eigenvalue weighted by Gasteiger charge is -2.47. The van der Waals surface area contributed by atoms with E-state index < -0.39 is 122 Å². The predicted molar refractivity (Wildman–Crippen MR) is 255 cm³/mol. The Balaban J connectivity index is 3.14. The van der Waals surface area contributed by atoms with Gasteiger partial charge in [-0.15, -0.1) is 0 Å². The minimum absolute atomic E-state index is 0.00510. The van der Waals surface area contributed by atoms with E-state index >= 15 is 0 Å². The molecule has 0 amide bonds. The number of carbonyl (C=O) groups is 8. The summed E-state index contributed by atoms with van der Waals surface area (Å²) in [7, 11) is 0. The minimum Gasteiger partial charge on any atom is -0.463 e. The number of hydrogen-bond donors (Lipinski definition) is 0. The van der Waals surface area contributed by atoms with E-state index in [4.69, 9.17) is 52.1 Å². The summed E-state index contributed by atoms with van der Waals surface area (Å²) in [5.74, 6) is -10.0. The molecule has 0 aromatic carbocycles. The molecule has 2 aliphatic heterocycles. The molecule has 19 heteroatoms.